The van der Waals surface area contributed by atoms with E-state index in [4.69, 9.17) is 28.3 Å². The fourth-order valence-electron chi connectivity index (χ4n) is 1.37. The number of methoxy groups -OCH3 is 2. The van der Waals surface area contributed by atoms with E-state index in [1.54, 1.807) is 14.2 Å². The lowest BCUT2D eigenvalue weighted by Gasteiger charge is -2.17. The maximum atomic E-state index is 5.64. The summed E-state index contributed by atoms with van der Waals surface area (Å²) in [4.78, 5) is 0. The average Bonchev–Trinajstić information content (AvgIpc) is 2.43. The summed E-state index contributed by atoms with van der Waals surface area (Å²) in [5.74, 6) is 0.285. The minimum absolute atomic E-state index is 0.230. The van der Waals surface area contributed by atoms with Crippen LogP contribution in [0.25, 0.3) is 0 Å². The Morgan fingerprint density at radius 3 is 1.40 bits per heavy atom. The van der Waals surface area contributed by atoms with Gasteiger partial charge in [-0.15, -0.1) is 0 Å². The topological polar surface area (TPSA) is 55.4 Å². The van der Waals surface area contributed by atoms with Crippen LogP contribution in [0.4, 0.5) is 0 Å². The summed E-state index contributed by atoms with van der Waals surface area (Å²) in [6, 6.07) is 0. The standard InChI is InChI=1S/C13H29BO6/c1-13(2)14(19-11-9-17-7-5-15-3)20-12-10-18-8-6-16-4/h13H,5-12H2,1-4H3. The Hall–Kier alpha value is -0.175. The Bertz CT molecular complexity index is 178. The SMILES string of the molecule is COCCOCCOB(OCCOCCOC)C(C)C. The first-order valence-corrected chi connectivity index (χ1v) is 7.09. The monoisotopic (exact) mass is 292 g/mol. The second-order valence-corrected chi connectivity index (χ2v) is 4.56. The summed E-state index contributed by atoms with van der Waals surface area (Å²) in [6.07, 6.45) is 0. The molecule has 0 spiro atoms. The number of hydrogen-bond donors (Lipinski definition) is 0. The minimum Gasteiger partial charge on any atom is -0.409 e. The van der Waals surface area contributed by atoms with Gasteiger partial charge in [-0.2, -0.15) is 0 Å². The molecule has 0 saturated carbocycles. The van der Waals surface area contributed by atoms with E-state index < -0.39 is 0 Å². The lowest BCUT2D eigenvalue weighted by molar-refractivity contribution is 0.0359. The van der Waals surface area contributed by atoms with E-state index in [0.29, 0.717) is 52.9 Å². The Kier molecular flexibility index (Phi) is 15.1. The zero-order chi connectivity index (χ0) is 15.1. The van der Waals surface area contributed by atoms with Crippen molar-refractivity contribution in [1.82, 2.24) is 0 Å². The van der Waals surface area contributed by atoms with Crippen LogP contribution in [0.3, 0.4) is 0 Å². The fraction of sp³-hybridized carbons (Fsp3) is 1.00. The van der Waals surface area contributed by atoms with E-state index in [-0.39, 0.29) is 12.9 Å². The Balaban J connectivity index is 3.51. The molecule has 0 atom stereocenters. The second-order valence-electron chi connectivity index (χ2n) is 4.56. The van der Waals surface area contributed by atoms with Gasteiger partial charge in [-0.3, -0.25) is 0 Å². The molecule has 0 heterocycles. The molecule has 0 saturated heterocycles. The average molecular weight is 292 g/mol. The molecule has 0 aliphatic heterocycles. The quantitative estimate of drug-likeness (QED) is 0.334. The second kappa shape index (κ2) is 15.2. The summed E-state index contributed by atoms with van der Waals surface area (Å²) in [6.45, 7) is 8.59. The molecule has 0 aromatic rings. The van der Waals surface area contributed by atoms with Crippen LogP contribution in [0.5, 0.6) is 0 Å². The van der Waals surface area contributed by atoms with Crippen molar-refractivity contribution >= 4 is 7.12 Å². The van der Waals surface area contributed by atoms with Crippen molar-refractivity contribution in [2.24, 2.45) is 0 Å². The van der Waals surface area contributed by atoms with Crippen molar-refractivity contribution in [2.75, 3.05) is 67.1 Å². The first kappa shape index (κ1) is 19.8. The lowest BCUT2D eigenvalue weighted by atomic mass is 9.74. The molecule has 0 N–H and O–H groups in total. The highest BCUT2D eigenvalue weighted by Gasteiger charge is 2.22. The van der Waals surface area contributed by atoms with E-state index in [2.05, 4.69) is 13.8 Å². The molecule has 0 bridgehead atoms. The largest absolute Gasteiger partial charge is 0.459 e. The number of ether oxygens (including phenoxy) is 4. The lowest BCUT2D eigenvalue weighted by Crippen LogP contribution is -2.29. The third-order valence-corrected chi connectivity index (χ3v) is 2.43. The van der Waals surface area contributed by atoms with E-state index in [1.165, 1.54) is 0 Å². The van der Waals surface area contributed by atoms with Gasteiger partial charge < -0.3 is 28.3 Å². The maximum Gasteiger partial charge on any atom is 0.459 e. The highest BCUT2D eigenvalue weighted by atomic mass is 16.6. The van der Waals surface area contributed by atoms with Crippen molar-refractivity contribution < 1.29 is 28.3 Å². The Labute approximate surface area is 123 Å². The third-order valence-electron chi connectivity index (χ3n) is 2.43. The van der Waals surface area contributed by atoms with Crippen LogP contribution in [-0.2, 0) is 28.3 Å². The van der Waals surface area contributed by atoms with Crippen LogP contribution >= 0.6 is 0 Å². The van der Waals surface area contributed by atoms with Gasteiger partial charge in [-0.05, 0) is 5.82 Å². The van der Waals surface area contributed by atoms with Crippen LogP contribution < -0.4 is 0 Å². The number of hydrogen-bond acceptors (Lipinski definition) is 6. The third kappa shape index (κ3) is 12.8. The van der Waals surface area contributed by atoms with Gasteiger partial charge in [-0.25, -0.2) is 0 Å². The summed E-state index contributed by atoms with van der Waals surface area (Å²) in [7, 11) is 3.07. The molecule has 0 aromatic carbocycles. The minimum atomic E-state index is -0.230. The predicted molar refractivity (Wildman–Crippen MR) is 78.1 cm³/mol. The van der Waals surface area contributed by atoms with Gasteiger partial charge >= 0.3 is 7.12 Å². The molecular weight excluding hydrogens is 263 g/mol. The zero-order valence-electron chi connectivity index (χ0n) is 13.3. The summed E-state index contributed by atoms with van der Waals surface area (Å²) in [5, 5.41) is 0. The van der Waals surface area contributed by atoms with Gasteiger partial charge in [0, 0.05) is 14.2 Å². The van der Waals surface area contributed by atoms with Crippen molar-refractivity contribution in [3.05, 3.63) is 0 Å². The van der Waals surface area contributed by atoms with Crippen LogP contribution in [0.2, 0.25) is 5.82 Å². The van der Waals surface area contributed by atoms with Gasteiger partial charge in [0.25, 0.3) is 0 Å². The Morgan fingerprint density at radius 1 is 0.650 bits per heavy atom. The van der Waals surface area contributed by atoms with Crippen molar-refractivity contribution in [2.45, 2.75) is 19.7 Å². The molecule has 0 radical (unpaired) electrons. The van der Waals surface area contributed by atoms with Gasteiger partial charge in [0.05, 0.1) is 52.9 Å². The summed E-state index contributed by atoms with van der Waals surface area (Å²) >= 11 is 0. The fourth-order valence-corrected chi connectivity index (χ4v) is 1.37. The van der Waals surface area contributed by atoms with Crippen molar-refractivity contribution in [3.63, 3.8) is 0 Å². The van der Waals surface area contributed by atoms with Crippen LogP contribution in [0, 0.1) is 0 Å². The zero-order valence-corrected chi connectivity index (χ0v) is 13.3. The highest BCUT2D eigenvalue weighted by Crippen LogP contribution is 2.09. The Morgan fingerprint density at radius 2 is 1.05 bits per heavy atom. The molecule has 120 valence electrons. The van der Waals surface area contributed by atoms with Crippen molar-refractivity contribution in [3.8, 4) is 0 Å². The number of rotatable bonds is 15. The van der Waals surface area contributed by atoms with Gasteiger partial charge in [-0.1, -0.05) is 13.8 Å². The maximum absolute atomic E-state index is 5.64. The summed E-state index contributed by atoms with van der Waals surface area (Å²) in [5.41, 5.74) is 0. The molecule has 0 unspecified atom stereocenters. The summed E-state index contributed by atoms with van der Waals surface area (Å²) < 4.78 is 31.7. The van der Waals surface area contributed by atoms with Crippen molar-refractivity contribution in [1.29, 1.82) is 0 Å². The van der Waals surface area contributed by atoms with Gasteiger partial charge in [0.2, 0.25) is 0 Å². The van der Waals surface area contributed by atoms with Crippen LogP contribution in [0.1, 0.15) is 13.8 Å². The van der Waals surface area contributed by atoms with Gasteiger partial charge in [0.15, 0.2) is 0 Å². The molecule has 6 nitrogen and oxygen atoms in total. The molecule has 0 amide bonds. The first-order valence-electron chi connectivity index (χ1n) is 7.09. The molecule has 0 aliphatic rings. The van der Waals surface area contributed by atoms with E-state index in [0.717, 1.165) is 0 Å². The molecule has 20 heavy (non-hydrogen) atoms. The molecule has 0 aliphatic carbocycles. The first-order chi connectivity index (χ1) is 9.72. The predicted octanol–water partition coefficient (Wildman–Crippen LogP) is 1.24. The molecule has 0 rings (SSSR count). The van der Waals surface area contributed by atoms with Crippen LogP contribution in [-0.4, -0.2) is 74.2 Å². The molecule has 7 heteroatoms. The van der Waals surface area contributed by atoms with Crippen LogP contribution in [0.15, 0.2) is 0 Å². The van der Waals surface area contributed by atoms with E-state index in [1.807, 2.05) is 0 Å². The highest BCUT2D eigenvalue weighted by molar-refractivity contribution is 6.46. The van der Waals surface area contributed by atoms with E-state index >= 15 is 0 Å². The smallest absolute Gasteiger partial charge is 0.409 e. The normalized spacial score (nSPS) is 11.2. The van der Waals surface area contributed by atoms with E-state index in [9.17, 15) is 0 Å². The van der Waals surface area contributed by atoms with Gasteiger partial charge in [0.1, 0.15) is 0 Å². The molecule has 0 fully saturated rings. The molecular formula is C13H29BO6. The molecule has 0 aromatic heterocycles.